The molecule has 1 aromatic heterocycles. The van der Waals surface area contributed by atoms with E-state index in [1.807, 2.05) is 36.0 Å². The number of aromatic nitrogens is 2. The minimum absolute atomic E-state index is 0.457. The maximum atomic E-state index is 6.03. The van der Waals surface area contributed by atoms with Crippen LogP contribution in [0.5, 0.6) is 0 Å². The molecular formula is C15H20N4S. The summed E-state index contributed by atoms with van der Waals surface area (Å²) in [7, 11) is 0. The molecule has 1 aliphatic rings. The van der Waals surface area contributed by atoms with Crippen molar-refractivity contribution in [2.24, 2.45) is 0 Å². The van der Waals surface area contributed by atoms with E-state index in [2.05, 4.69) is 21.5 Å². The van der Waals surface area contributed by atoms with Crippen LogP contribution in [-0.4, -0.2) is 27.5 Å². The van der Waals surface area contributed by atoms with Crippen LogP contribution in [0.4, 0.5) is 11.6 Å². The zero-order chi connectivity index (χ0) is 13.9. The number of hydrogen-bond donors (Lipinski definition) is 2. The summed E-state index contributed by atoms with van der Waals surface area (Å²) in [6.45, 7) is 0. The number of fused-ring (bicyclic) bond motifs is 1. The molecule has 0 aliphatic heterocycles. The predicted octanol–water partition coefficient (Wildman–Crippen LogP) is 3.30. The van der Waals surface area contributed by atoms with E-state index >= 15 is 0 Å². The summed E-state index contributed by atoms with van der Waals surface area (Å²) in [6.07, 6.45) is 7.14. The van der Waals surface area contributed by atoms with Crippen LogP contribution in [0, 0.1) is 0 Å². The smallest absolute Gasteiger partial charge is 0.169 e. The van der Waals surface area contributed by atoms with Gasteiger partial charge in [0.05, 0.1) is 11.0 Å². The third-order valence-electron chi connectivity index (χ3n) is 3.90. The molecule has 0 radical (unpaired) electrons. The summed E-state index contributed by atoms with van der Waals surface area (Å²) >= 11 is 1.96. The maximum absolute atomic E-state index is 6.03. The Morgan fingerprint density at radius 1 is 1.20 bits per heavy atom. The molecule has 2 unspecified atom stereocenters. The van der Waals surface area contributed by atoms with Crippen LogP contribution in [0.3, 0.4) is 0 Å². The summed E-state index contributed by atoms with van der Waals surface area (Å²) in [5, 5.41) is 4.24. The topological polar surface area (TPSA) is 63.8 Å². The highest BCUT2D eigenvalue weighted by Crippen LogP contribution is 2.29. The van der Waals surface area contributed by atoms with Crippen LogP contribution in [0.1, 0.15) is 25.7 Å². The number of nitrogens with one attached hydrogen (secondary N) is 1. The standard InChI is InChI=1S/C15H20N4S/c1-20-11-6-4-5-10(9-11)17-15-14(16)18-12-7-2-3-8-13(12)19-15/h2-3,7-8,10-11H,4-6,9H2,1H3,(H2,16,18)(H,17,19). The Kier molecular flexibility index (Phi) is 3.96. The molecule has 1 heterocycles. The minimum atomic E-state index is 0.457. The molecule has 20 heavy (non-hydrogen) atoms. The molecule has 106 valence electrons. The molecule has 2 aromatic rings. The molecule has 0 spiro atoms. The lowest BCUT2D eigenvalue weighted by Gasteiger charge is -2.29. The van der Waals surface area contributed by atoms with Gasteiger partial charge in [0, 0.05) is 11.3 Å². The Morgan fingerprint density at radius 3 is 2.70 bits per heavy atom. The molecule has 1 aromatic carbocycles. The number of benzene rings is 1. The van der Waals surface area contributed by atoms with Gasteiger partial charge < -0.3 is 11.1 Å². The zero-order valence-electron chi connectivity index (χ0n) is 11.7. The molecule has 4 nitrogen and oxygen atoms in total. The fraction of sp³-hybridized carbons (Fsp3) is 0.467. The molecule has 2 atom stereocenters. The van der Waals surface area contributed by atoms with Crippen LogP contribution >= 0.6 is 11.8 Å². The van der Waals surface area contributed by atoms with Gasteiger partial charge in [-0.1, -0.05) is 18.6 Å². The number of nitrogens with zero attached hydrogens (tertiary/aromatic N) is 2. The summed E-state index contributed by atoms with van der Waals surface area (Å²) < 4.78 is 0. The normalized spacial score (nSPS) is 22.9. The van der Waals surface area contributed by atoms with Crippen molar-refractivity contribution in [2.45, 2.75) is 37.0 Å². The van der Waals surface area contributed by atoms with Crippen LogP contribution in [0.2, 0.25) is 0 Å². The molecular weight excluding hydrogens is 268 g/mol. The second-order valence-corrected chi connectivity index (χ2v) is 6.45. The number of nitrogen functional groups attached to an aromatic ring is 1. The number of hydrogen-bond acceptors (Lipinski definition) is 5. The molecule has 1 fully saturated rings. The fourth-order valence-corrected chi connectivity index (χ4v) is 3.63. The van der Waals surface area contributed by atoms with Gasteiger partial charge in [-0.15, -0.1) is 0 Å². The molecule has 3 N–H and O–H groups in total. The predicted molar refractivity (Wildman–Crippen MR) is 87.1 cm³/mol. The number of anilines is 2. The van der Waals surface area contributed by atoms with Crippen molar-refractivity contribution in [2.75, 3.05) is 17.3 Å². The first kappa shape index (κ1) is 13.5. The van der Waals surface area contributed by atoms with E-state index in [0.717, 1.165) is 22.1 Å². The van der Waals surface area contributed by atoms with E-state index in [9.17, 15) is 0 Å². The first-order chi connectivity index (χ1) is 9.76. The van der Waals surface area contributed by atoms with Gasteiger partial charge in [0.2, 0.25) is 0 Å². The van der Waals surface area contributed by atoms with Gasteiger partial charge in [0.25, 0.3) is 0 Å². The number of rotatable bonds is 3. The van der Waals surface area contributed by atoms with E-state index in [-0.39, 0.29) is 0 Å². The molecule has 0 bridgehead atoms. The van der Waals surface area contributed by atoms with Crippen molar-refractivity contribution in [1.29, 1.82) is 0 Å². The van der Waals surface area contributed by atoms with Crippen LogP contribution in [0.25, 0.3) is 11.0 Å². The average Bonchev–Trinajstić information content (AvgIpc) is 2.48. The van der Waals surface area contributed by atoms with Crippen LogP contribution < -0.4 is 11.1 Å². The van der Waals surface area contributed by atoms with Crippen LogP contribution in [0.15, 0.2) is 24.3 Å². The van der Waals surface area contributed by atoms with Crippen LogP contribution in [-0.2, 0) is 0 Å². The third kappa shape index (κ3) is 2.82. The summed E-state index contributed by atoms with van der Waals surface area (Å²) in [5.41, 5.74) is 7.77. The van der Waals surface area contributed by atoms with E-state index in [4.69, 9.17) is 5.73 Å². The van der Waals surface area contributed by atoms with E-state index in [1.165, 1.54) is 25.7 Å². The van der Waals surface area contributed by atoms with Crippen molar-refractivity contribution in [1.82, 2.24) is 9.97 Å². The lowest BCUT2D eigenvalue weighted by atomic mass is 9.95. The Labute approximate surface area is 123 Å². The zero-order valence-corrected chi connectivity index (χ0v) is 12.5. The molecule has 3 rings (SSSR count). The van der Waals surface area contributed by atoms with Gasteiger partial charge >= 0.3 is 0 Å². The Balaban J connectivity index is 1.81. The second-order valence-electron chi connectivity index (χ2n) is 5.31. The van der Waals surface area contributed by atoms with Crippen molar-refractivity contribution in [3.63, 3.8) is 0 Å². The first-order valence-electron chi connectivity index (χ1n) is 7.08. The minimum Gasteiger partial charge on any atom is -0.381 e. The maximum Gasteiger partial charge on any atom is 0.169 e. The Hall–Kier alpha value is -1.49. The highest BCUT2D eigenvalue weighted by molar-refractivity contribution is 7.99. The summed E-state index contributed by atoms with van der Waals surface area (Å²) in [5.74, 6) is 1.23. The fourth-order valence-electron chi connectivity index (χ4n) is 2.80. The van der Waals surface area contributed by atoms with E-state index in [0.29, 0.717) is 11.9 Å². The van der Waals surface area contributed by atoms with Gasteiger partial charge in [-0.05, 0) is 37.7 Å². The summed E-state index contributed by atoms with van der Waals surface area (Å²) in [4.78, 5) is 9.04. The van der Waals surface area contributed by atoms with Crippen molar-refractivity contribution < 1.29 is 0 Å². The molecule has 5 heteroatoms. The number of nitrogens with two attached hydrogens (primary N) is 1. The van der Waals surface area contributed by atoms with Crippen molar-refractivity contribution in [3.05, 3.63) is 24.3 Å². The highest BCUT2D eigenvalue weighted by Gasteiger charge is 2.22. The largest absolute Gasteiger partial charge is 0.381 e. The van der Waals surface area contributed by atoms with E-state index < -0.39 is 0 Å². The number of thioether (sulfide) groups is 1. The first-order valence-corrected chi connectivity index (χ1v) is 8.36. The Morgan fingerprint density at radius 2 is 1.95 bits per heavy atom. The van der Waals surface area contributed by atoms with Gasteiger partial charge in [-0.2, -0.15) is 11.8 Å². The third-order valence-corrected chi connectivity index (χ3v) is 4.99. The van der Waals surface area contributed by atoms with E-state index in [1.54, 1.807) is 0 Å². The average molecular weight is 288 g/mol. The van der Waals surface area contributed by atoms with Crippen molar-refractivity contribution in [3.8, 4) is 0 Å². The summed E-state index contributed by atoms with van der Waals surface area (Å²) in [6, 6.07) is 8.29. The lowest BCUT2D eigenvalue weighted by Crippen LogP contribution is -2.29. The Bertz CT molecular complexity index is 601. The van der Waals surface area contributed by atoms with Gasteiger partial charge in [-0.3, -0.25) is 0 Å². The quantitative estimate of drug-likeness (QED) is 0.907. The van der Waals surface area contributed by atoms with Gasteiger partial charge in [-0.25, -0.2) is 9.97 Å². The molecule has 1 saturated carbocycles. The lowest BCUT2D eigenvalue weighted by molar-refractivity contribution is 0.473. The molecule has 1 aliphatic carbocycles. The highest BCUT2D eigenvalue weighted by atomic mass is 32.2. The van der Waals surface area contributed by atoms with Crippen molar-refractivity contribution >= 4 is 34.4 Å². The SMILES string of the molecule is CSC1CCCC(Nc2nc3ccccc3nc2N)C1. The molecule has 0 amide bonds. The monoisotopic (exact) mass is 288 g/mol. The second kappa shape index (κ2) is 5.87. The molecule has 0 saturated heterocycles. The van der Waals surface area contributed by atoms with Gasteiger partial charge in [0.1, 0.15) is 0 Å². The van der Waals surface area contributed by atoms with Gasteiger partial charge in [0.15, 0.2) is 11.6 Å². The number of para-hydroxylation sites is 2.